The van der Waals surface area contributed by atoms with E-state index in [1.54, 1.807) is 18.2 Å². The quantitative estimate of drug-likeness (QED) is 0.684. The molecule has 2 atom stereocenters. The van der Waals surface area contributed by atoms with Crippen LogP contribution in [0.5, 0.6) is 17.2 Å². The largest absolute Gasteiger partial charge is 0.493 e. The van der Waals surface area contributed by atoms with E-state index in [0.717, 1.165) is 11.3 Å². The number of ether oxygens (including phenoxy) is 3. The predicted molar refractivity (Wildman–Crippen MR) is 125 cm³/mol. The maximum atomic E-state index is 13.3. The molecule has 1 saturated heterocycles. The third kappa shape index (κ3) is 4.03. The molecule has 2 unspecified atom stereocenters. The van der Waals surface area contributed by atoms with E-state index in [2.05, 4.69) is 6.07 Å². The van der Waals surface area contributed by atoms with E-state index in [-0.39, 0.29) is 30.1 Å². The maximum Gasteiger partial charge on any atom is 0.231 e. The van der Waals surface area contributed by atoms with Crippen molar-refractivity contribution in [3.8, 4) is 23.3 Å². The second kappa shape index (κ2) is 9.00. The first kappa shape index (κ1) is 23.0. The van der Waals surface area contributed by atoms with Crippen LogP contribution in [0.2, 0.25) is 0 Å². The minimum atomic E-state index is -1.58. The molecule has 2 aliphatic rings. The van der Waals surface area contributed by atoms with Crippen molar-refractivity contribution in [3.05, 3.63) is 64.2 Å². The molecule has 2 aromatic carbocycles. The Labute approximate surface area is 197 Å². The monoisotopic (exact) mass is 466 g/mol. The number of fused-ring (bicyclic) bond motifs is 1. The standard InChI is InChI=1S/C25H26N2O5S/c1-15(2)32-18-8-5-16(6-9-18)19-12-23(28)27-24(20(19)13-26)33-14-25(27,29)17-7-10-21(30-3)22(11-17)31-4/h5-11,15,19,29H,12,14H2,1-4H3. The molecule has 0 aliphatic carbocycles. The molecule has 1 fully saturated rings. The van der Waals surface area contributed by atoms with Gasteiger partial charge in [-0.2, -0.15) is 5.26 Å². The molecule has 2 aromatic rings. The first-order chi connectivity index (χ1) is 15.8. The summed E-state index contributed by atoms with van der Waals surface area (Å²) in [7, 11) is 3.05. The molecule has 0 radical (unpaired) electrons. The Morgan fingerprint density at radius 1 is 1.15 bits per heavy atom. The van der Waals surface area contributed by atoms with E-state index in [4.69, 9.17) is 14.2 Å². The van der Waals surface area contributed by atoms with E-state index >= 15 is 0 Å². The lowest BCUT2D eigenvalue weighted by Gasteiger charge is -2.38. The molecule has 33 heavy (non-hydrogen) atoms. The van der Waals surface area contributed by atoms with Crippen LogP contribution in [0.1, 0.15) is 37.3 Å². The van der Waals surface area contributed by atoms with Crippen LogP contribution in [0, 0.1) is 11.3 Å². The van der Waals surface area contributed by atoms with Crippen LogP contribution in [0.25, 0.3) is 0 Å². The van der Waals surface area contributed by atoms with Crippen LogP contribution in [-0.4, -0.2) is 42.0 Å². The zero-order chi connectivity index (χ0) is 23.8. The summed E-state index contributed by atoms with van der Waals surface area (Å²) in [5.74, 6) is 1.32. The zero-order valence-corrected chi connectivity index (χ0v) is 19.8. The van der Waals surface area contributed by atoms with Crippen molar-refractivity contribution in [3.63, 3.8) is 0 Å². The van der Waals surface area contributed by atoms with Gasteiger partial charge in [-0.15, -0.1) is 11.8 Å². The van der Waals surface area contributed by atoms with Crippen molar-refractivity contribution in [1.29, 1.82) is 5.26 Å². The van der Waals surface area contributed by atoms with E-state index in [0.29, 0.717) is 27.7 Å². The van der Waals surface area contributed by atoms with Crippen LogP contribution in [-0.2, 0) is 10.5 Å². The minimum Gasteiger partial charge on any atom is -0.493 e. The Hall–Kier alpha value is -3.15. The fourth-order valence-corrected chi connectivity index (χ4v) is 5.62. The molecule has 172 valence electrons. The fourth-order valence-electron chi connectivity index (χ4n) is 4.26. The van der Waals surface area contributed by atoms with Gasteiger partial charge in [0, 0.05) is 17.9 Å². The molecule has 0 bridgehead atoms. The van der Waals surface area contributed by atoms with Crippen LogP contribution >= 0.6 is 11.8 Å². The number of hydrogen-bond acceptors (Lipinski definition) is 7. The van der Waals surface area contributed by atoms with E-state index in [1.165, 1.54) is 30.9 Å². The van der Waals surface area contributed by atoms with Crippen LogP contribution in [0.4, 0.5) is 0 Å². The summed E-state index contributed by atoms with van der Waals surface area (Å²) in [5.41, 5.74) is 0.263. The summed E-state index contributed by atoms with van der Waals surface area (Å²) < 4.78 is 16.4. The summed E-state index contributed by atoms with van der Waals surface area (Å²) in [6, 6.07) is 14.9. The topological polar surface area (TPSA) is 92.0 Å². The molecule has 1 N–H and O–H groups in total. The average Bonchev–Trinajstić information content (AvgIpc) is 3.17. The van der Waals surface area contributed by atoms with Crippen molar-refractivity contribution >= 4 is 17.7 Å². The Balaban J connectivity index is 1.72. The molecule has 4 rings (SSSR count). The molecule has 7 nitrogen and oxygen atoms in total. The summed E-state index contributed by atoms with van der Waals surface area (Å²) >= 11 is 1.31. The lowest BCUT2D eigenvalue weighted by molar-refractivity contribution is -0.149. The first-order valence-corrected chi connectivity index (χ1v) is 11.6. The van der Waals surface area contributed by atoms with Gasteiger partial charge >= 0.3 is 0 Å². The highest BCUT2D eigenvalue weighted by atomic mass is 32.2. The van der Waals surface area contributed by atoms with Crippen LogP contribution in [0.3, 0.4) is 0 Å². The lowest BCUT2D eigenvalue weighted by atomic mass is 9.85. The van der Waals surface area contributed by atoms with Gasteiger partial charge in [0.15, 0.2) is 17.2 Å². The highest BCUT2D eigenvalue weighted by molar-refractivity contribution is 8.03. The van der Waals surface area contributed by atoms with E-state index in [9.17, 15) is 15.2 Å². The van der Waals surface area contributed by atoms with Gasteiger partial charge in [-0.05, 0) is 43.7 Å². The maximum absolute atomic E-state index is 13.3. The number of methoxy groups -OCH3 is 2. The van der Waals surface area contributed by atoms with Crippen LogP contribution in [0.15, 0.2) is 53.1 Å². The molecule has 0 saturated carbocycles. The zero-order valence-electron chi connectivity index (χ0n) is 19.0. The molecule has 2 aliphatic heterocycles. The normalized spacial score (nSPS) is 22.3. The third-order valence-electron chi connectivity index (χ3n) is 5.81. The number of amides is 1. The van der Waals surface area contributed by atoms with Crippen molar-refractivity contribution < 1.29 is 24.1 Å². The smallest absolute Gasteiger partial charge is 0.231 e. The van der Waals surface area contributed by atoms with Gasteiger partial charge < -0.3 is 19.3 Å². The van der Waals surface area contributed by atoms with Crippen molar-refractivity contribution in [2.45, 2.75) is 38.0 Å². The van der Waals surface area contributed by atoms with Gasteiger partial charge in [-0.1, -0.05) is 18.2 Å². The SMILES string of the molecule is COc1ccc(C2(O)CSC3=C(C#N)C(c4ccc(OC(C)C)cc4)CC(=O)N32)cc1OC. The fraction of sp³-hybridized carbons (Fsp3) is 0.360. The van der Waals surface area contributed by atoms with Crippen molar-refractivity contribution in [2.24, 2.45) is 0 Å². The molecular weight excluding hydrogens is 440 g/mol. The minimum absolute atomic E-state index is 0.0570. The number of carbonyl (C=O) groups excluding carboxylic acids is 1. The predicted octanol–water partition coefficient (Wildman–Crippen LogP) is 4.13. The summed E-state index contributed by atoms with van der Waals surface area (Å²) in [4.78, 5) is 14.7. The van der Waals surface area contributed by atoms with Gasteiger partial charge in [-0.25, -0.2) is 0 Å². The number of hydrogen-bond donors (Lipinski definition) is 1. The van der Waals surface area contributed by atoms with Gasteiger partial charge in [-0.3, -0.25) is 9.69 Å². The second-order valence-electron chi connectivity index (χ2n) is 8.23. The number of nitrogens with zero attached hydrogens (tertiary/aromatic N) is 2. The highest BCUT2D eigenvalue weighted by Crippen LogP contribution is 2.52. The second-order valence-corrected chi connectivity index (χ2v) is 9.19. The number of nitriles is 1. The van der Waals surface area contributed by atoms with Gasteiger partial charge in [0.05, 0.1) is 42.7 Å². The van der Waals surface area contributed by atoms with Gasteiger partial charge in [0.25, 0.3) is 0 Å². The molecule has 8 heteroatoms. The number of carbonyl (C=O) groups is 1. The summed E-state index contributed by atoms with van der Waals surface area (Å²) in [6.45, 7) is 3.91. The Morgan fingerprint density at radius 2 is 1.85 bits per heavy atom. The molecule has 2 heterocycles. The van der Waals surface area contributed by atoms with Crippen molar-refractivity contribution in [1.82, 2.24) is 4.90 Å². The van der Waals surface area contributed by atoms with E-state index < -0.39 is 5.72 Å². The van der Waals surface area contributed by atoms with Crippen LogP contribution < -0.4 is 14.2 Å². The average molecular weight is 467 g/mol. The van der Waals surface area contributed by atoms with Gasteiger partial charge in [0.1, 0.15) is 5.75 Å². The Bertz CT molecular complexity index is 1140. The first-order valence-electron chi connectivity index (χ1n) is 10.6. The number of allylic oxidation sites excluding steroid dienone is 1. The number of benzene rings is 2. The Kier molecular flexibility index (Phi) is 6.28. The number of rotatable bonds is 6. The third-order valence-corrected chi connectivity index (χ3v) is 7.03. The molecule has 1 amide bonds. The Morgan fingerprint density at radius 3 is 2.45 bits per heavy atom. The number of aliphatic hydroxyl groups is 1. The summed E-state index contributed by atoms with van der Waals surface area (Å²) in [5, 5.41) is 22.1. The van der Waals surface area contributed by atoms with Gasteiger partial charge in [0.2, 0.25) is 5.91 Å². The molecular formula is C25H26N2O5S. The summed E-state index contributed by atoms with van der Waals surface area (Å²) in [6.07, 6.45) is 0.147. The van der Waals surface area contributed by atoms with Crippen molar-refractivity contribution in [2.75, 3.05) is 20.0 Å². The number of thioether (sulfide) groups is 1. The van der Waals surface area contributed by atoms with E-state index in [1.807, 2.05) is 38.1 Å². The molecule has 0 aromatic heterocycles. The lowest BCUT2D eigenvalue weighted by Crippen LogP contribution is -2.48. The molecule has 0 spiro atoms. The highest BCUT2D eigenvalue weighted by Gasteiger charge is 2.52.